The van der Waals surface area contributed by atoms with Crippen molar-refractivity contribution in [3.05, 3.63) is 65.2 Å². The van der Waals surface area contributed by atoms with E-state index in [-0.39, 0.29) is 24.0 Å². The van der Waals surface area contributed by atoms with Crippen LogP contribution in [0, 0.1) is 0 Å². The van der Waals surface area contributed by atoms with Crippen LogP contribution in [-0.2, 0) is 16.0 Å². The third kappa shape index (κ3) is 7.08. The quantitative estimate of drug-likeness (QED) is 0.520. The number of aryl methyl sites for hydroxylation is 1. The first kappa shape index (κ1) is 19.7. The summed E-state index contributed by atoms with van der Waals surface area (Å²) in [6.45, 7) is -0.249. The lowest BCUT2D eigenvalue weighted by atomic mass is 10.1. The predicted octanol–water partition coefficient (Wildman–Crippen LogP) is 2.37. The molecule has 0 saturated carbocycles. The molecular formula is C18H18ClN3O3S. The summed E-state index contributed by atoms with van der Waals surface area (Å²) < 4.78 is 5.28. The standard InChI is InChI=1S/C18H18ClN3O3S/c19-14-8-4-5-9-15(14)25-12-17(24)21-22-18(26)20-16(23)11-10-13-6-2-1-3-7-13/h1-9H,10-12H2,(H,21,24)(H2,20,22,23,26). The van der Waals surface area contributed by atoms with E-state index in [4.69, 9.17) is 28.6 Å². The van der Waals surface area contributed by atoms with Crippen molar-refractivity contribution in [2.75, 3.05) is 6.61 Å². The second-order valence-electron chi connectivity index (χ2n) is 5.26. The van der Waals surface area contributed by atoms with E-state index in [1.807, 2.05) is 30.3 Å². The van der Waals surface area contributed by atoms with Gasteiger partial charge < -0.3 is 10.1 Å². The number of hydrogen-bond acceptors (Lipinski definition) is 4. The molecule has 0 bridgehead atoms. The molecule has 2 rings (SSSR count). The van der Waals surface area contributed by atoms with E-state index in [0.717, 1.165) is 5.56 Å². The van der Waals surface area contributed by atoms with Gasteiger partial charge in [0.05, 0.1) is 5.02 Å². The summed E-state index contributed by atoms with van der Waals surface area (Å²) in [4.78, 5) is 23.5. The molecule has 0 saturated heterocycles. The van der Waals surface area contributed by atoms with E-state index in [9.17, 15) is 9.59 Å². The summed E-state index contributed by atoms with van der Waals surface area (Å²) in [5.74, 6) is -0.306. The fourth-order valence-electron chi connectivity index (χ4n) is 1.99. The van der Waals surface area contributed by atoms with Crippen LogP contribution < -0.4 is 20.9 Å². The summed E-state index contributed by atoms with van der Waals surface area (Å²) in [6, 6.07) is 16.5. The maximum Gasteiger partial charge on any atom is 0.276 e. The van der Waals surface area contributed by atoms with Gasteiger partial charge in [0.2, 0.25) is 5.91 Å². The van der Waals surface area contributed by atoms with Gasteiger partial charge in [-0.2, -0.15) is 0 Å². The molecule has 6 nitrogen and oxygen atoms in total. The molecule has 0 aromatic heterocycles. The Bertz CT molecular complexity index is 771. The lowest BCUT2D eigenvalue weighted by Gasteiger charge is -2.12. The molecule has 0 fully saturated rings. The molecule has 0 spiro atoms. The van der Waals surface area contributed by atoms with E-state index in [1.54, 1.807) is 24.3 Å². The van der Waals surface area contributed by atoms with Crippen LogP contribution >= 0.6 is 23.8 Å². The second-order valence-corrected chi connectivity index (χ2v) is 6.07. The van der Waals surface area contributed by atoms with Crippen molar-refractivity contribution in [2.45, 2.75) is 12.8 Å². The molecule has 3 N–H and O–H groups in total. The molecule has 0 aliphatic carbocycles. The first-order chi connectivity index (χ1) is 12.5. The maximum absolute atomic E-state index is 11.8. The molecule has 26 heavy (non-hydrogen) atoms. The van der Waals surface area contributed by atoms with Crippen molar-refractivity contribution in [2.24, 2.45) is 0 Å². The van der Waals surface area contributed by atoms with E-state index >= 15 is 0 Å². The average molecular weight is 392 g/mol. The van der Waals surface area contributed by atoms with E-state index in [2.05, 4.69) is 16.2 Å². The molecule has 0 radical (unpaired) electrons. The van der Waals surface area contributed by atoms with Crippen LogP contribution in [0.5, 0.6) is 5.75 Å². The van der Waals surface area contributed by atoms with Crippen molar-refractivity contribution >= 4 is 40.7 Å². The summed E-state index contributed by atoms with van der Waals surface area (Å²) in [6.07, 6.45) is 0.892. The number of ether oxygens (including phenoxy) is 1. The van der Waals surface area contributed by atoms with Gasteiger partial charge in [-0.3, -0.25) is 20.4 Å². The Morgan fingerprint density at radius 2 is 1.65 bits per heavy atom. The number of carbonyl (C=O) groups excluding carboxylic acids is 2. The highest BCUT2D eigenvalue weighted by Crippen LogP contribution is 2.22. The molecule has 0 atom stereocenters. The Morgan fingerprint density at radius 1 is 0.962 bits per heavy atom. The fraction of sp³-hybridized carbons (Fsp3) is 0.167. The largest absolute Gasteiger partial charge is 0.482 e. The van der Waals surface area contributed by atoms with Crippen molar-refractivity contribution in [1.29, 1.82) is 0 Å². The lowest BCUT2D eigenvalue weighted by molar-refractivity contribution is -0.124. The number of carbonyl (C=O) groups is 2. The highest BCUT2D eigenvalue weighted by Gasteiger charge is 2.08. The number of amides is 2. The molecule has 8 heteroatoms. The predicted molar refractivity (Wildman–Crippen MR) is 104 cm³/mol. The van der Waals surface area contributed by atoms with Gasteiger partial charge in [-0.1, -0.05) is 54.1 Å². The summed E-state index contributed by atoms with van der Waals surface area (Å²) in [7, 11) is 0. The molecular weight excluding hydrogens is 374 g/mol. The summed E-state index contributed by atoms with van der Waals surface area (Å²) in [5.41, 5.74) is 5.85. The minimum absolute atomic E-state index is 0.00848. The lowest BCUT2D eigenvalue weighted by Crippen LogP contribution is -2.49. The van der Waals surface area contributed by atoms with Crippen LogP contribution in [0.25, 0.3) is 0 Å². The number of para-hydroxylation sites is 1. The van der Waals surface area contributed by atoms with Crippen LogP contribution in [0.15, 0.2) is 54.6 Å². The Balaban J connectivity index is 1.63. The minimum Gasteiger partial charge on any atom is -0.482 e. The molecule has 0 heterocycles. The van der Waals surface area contributed by atoms with Crippen LogP contribution in [0.3, 0.4) is 0 Å². The Morgan fingerprint density at radius 3 is 2.38 bits per heavy atom. The zero-order valence-electron chi connectivity index (χ0n) is 13.8. The van der Waals surface area contributed by atoms with Gasteiger partial charge in [-0.25, -0.2) is 0 Å². The van der Waals surface area contributed by atoms with Crippen LogP contribution in [0.1, 0.15) is 12.0 Å². The first-order valence-electron chi connectivity index (χ1n) is 7.84. The summed E-state index contributed by atoms with van der Waals surface area (Å²) >= 11 is 10.9. The summed E-state index contributed by atoms with van der Waals surface area (Å²) in [5, 5.41) is 2.91. The van der Waals surface area contributed by atoms with Gasteiger partial charge in [0.1, 0.15) is 5.75 Å². The Kier molecular flexibility index (Phi) is 7.85. The van der Waals surface area contributed by atoms with Gasteiger partial charge >= 0.3 is 0 Å². The smallest absolute Gasteiger partial charge is 0.276 e. The minimum atomic E-state index is -0.467. The molecule has 0 unspecified atom stereocenters. The van der Waals surface area contributed by atoms with Gasteiger partial charge in [-0.15, -0.1) is 0 Å². The number of halogens is 1. The second kappa shape index (κ2) is 10.4. The number of thiocarbonyl (C=S) groups is 1. The van der Waals surface area contributed by atoms with Gasteiger partial charge in [0.15, 0.2) is 11.7 Å². The number of rotatable bonds is 6. The molecule has 0 aliphatic heterocycles. The zero-order valence-corrected chi connectivity index (χ0v) is 15.4. The normalized spacial score (nSPS) is 9.88. The SMILES string of the molecule is O=C(COc1ccccc1Cl)NNC(=S)NC(=O)CCc1ccccc1. The molecule has 2 aromatic rings. The zero-order chi connectivity index (χ0) is 18.8. The maximum atomic E-state index is 11.8. The third-order valence-electron chi connectivity index (χ3n) is 3.25. The van der Waals surface area contributed by atoms with Gasteiger partial charge in [0, 0.05) is 6.42 Å². The highest BCUT2D eigenvalue weighted by molar-refractivity contribution is 7.80. The van der Waals surface area contributed by atoms with Crippen LogP contribution in [-0.4, -0.2) is 23.5 Å². The monoisotopic (exact) mass is 391 g/mol. The number of hydrogen-bond donors (Lipinski definition) is 3. The van der Waals surface area contributed by atoms with Crippen molar-refractivity contribution in [3.63, 3.8) is 0 Å². The molecule has 2 aromatic carbocycles. The van der Waals surface area contributed by atoms with Crippen LogP contribution in [0.4, 0.5) is 0 Å². The Hall–Kier alpha value is -2.64. The van der Waals surface area contributed by atoms with Crippen molar-refractivity contribution < 1.29 is 14.3 Å². The van der Waals surface area contributed by atoms with Crippen molar-refractivity contribution in [3.8, 4) is 5.75 Å². The topological polar surface area (TPSA) is 79.5 Å². The van der Waals surface area contributed by atoms with Gasteiger partial charge in [0.25, 0.3) is 5.91 Å². The first-order valence-corrected chi connectivity index (χ1v) is 8.63. The Labute approximate surface area is 161 Å². The fourth-order valence-corrected chi connectivity index (χ4v) is 2.35. The van der Waals surface area contributed by atoms with Gasteiger partial charge in [-0.05, 0) is 36.3 Å². The molecule has 2 amide bonds. The molecule has 0 aliphatic rings. The van der Waals surface area contributed by atoms with E-state index < -0.39 is 5.91 Å². The number of benzene rings is 2. The number of nitrogens with one attached hydrogen (secondary N) is 3. The van der Waals surface area contributed by atoms with Crippen molar-refractivity contribution in [1.82, 2.24) is 16.2 Å². The average Bonchev–Trinajstić information content (AvgIpc) is 2.65. The van der Waals surface area contributed by atoms with E-state index in [0.29, 0.717) is 17.2 Å². The molecule has 136 valence electrons. The number of hydrazine groups is 1. The third-order valence-corrected chi connectivity index (χ3v) is 3.76. The highest BCUT2D eigenvalue weighted by atomic mass is 35.5. The van der Waals surface area contributed by atoms with E-state index in [1.165, 1.54) is 0 Å². The van der Waals surface area contributed by atoms with Crippen LogP contribution in [0.2, 0.25) is 5.02 Å².